The Hall–Kier alpha value is -2.06. The standard InChI is InChI=1S/C16H23N3O2/c1-16(2,8-9-17)7-6-15(20)19-13-4-3-5-14(12-13)21-11-10-18/h3-5,12H,6-9,11,17H2,1-2H3,(H,19,20). The number of carbonyl (C=O) groups is 1. The molecule has 5 nitrogen and oxygen atoms in total. The first-order valence-corrected chi connectivity index (χ1v) is 7.06. The normalized spacial score (nSPS) is 10.8. The second-order valence-electron chi connectivity index (χ2n) is 5.73. The van der Waals surface area contributed by atoms with Gasteiger partial charge in [-0.05, 0) is 36.9 Å². The summed E-state index contributed by atoms with van der Waals surface area (Å²) in [6.07, 6.45) is 2.15. The number of amides is 1. The Balaban J connectivity index is 2.49. The molecule has 21 heavy (non-hydrogen) atoms. The van der Waals surface area contributed by atoms with Crippen LogP contribution >= 0.6 is 0 Å². The molecule has 3 N–H and O–H groups in total. The Morgan fingerprint density at radius 1 is 1.43 bits per heavy atom. The highest BCUT2D eigenvalue weighted by molar-refractivity contribution is 5.90. The van der Waals surface area contributed by atoms with Crippen molar-refractivity contribution in [1.82, 2.24) is 0 Å². The number of ether oxygens (including phenoxy) is 1. The summed E-state index contributed by atoms with van der Waals surface area (Å²) in [5, 5.41) is 11.3. The van der Waals surface area contributed by atoms with E-state index in [0.717, 1.165) is 12.8 Å². The first-order chi connectivity index (χ1) is 9.96. The van der Waals surface area contributed by atoms with Crippen LogP contribution in [0.25, 0.3) is 0 Å². The number of nitriles is 1. The lowest BCUT2D eigenvalue weighted by Gasteiger charge is -2.23. The Morgan fingerprint density at radius 2 is 2.19 bits per heavy atom. The lowest BCUT2D eigenvalue weighted by Crippen LogP contribution is -2.20. The molecule has 0 radical (unpaired) electrons. The van der Waals surface area contributed by atoms with E-state index in [-0.39, 0.29) is 17.9 Å². The van der Waals surface area contributed by atoms with E-state index in [1.54, 1.807) is 24.3 Å². The van der Waals surface area contributed by atoms with E-state index in [4.69, 9.17) is 15.7 Å². The fourth-order valence-corrected chi connectivity index (χ4v) is 1.97. The number of nitrogens with one attached hydrogen (secondary N) is 1. The molecule has 0 aliphatic carbocycles. The third kappa shape index (κ3) is 6.77. The van der Waals surface area contributed by atoms with Gasteiger partial charge in [-0.2, -0.15) is 5.26 Å². The van der Waals surface area contributed by atoms with Gasteiger partial charge in [0.25, 0.3) is 0 Å². The zero-order valence-electron chi connectivity index (χ0n) is 12.7. The molecule has 0 unspecified atom stereocenters. The van der Waals surface area contributed by atoms with Gasteiger partial charge in [0.2, 0.25) is 5.91 Å². The van der Waals surface area contributed by atoms with Gasteiger partial charge in [0.05, 0.1) is 0 Å². The largest absolute Gasteiger partial charge is 0.479 e. The van der Waals surface area contributed by atoms with Gasteiger partial charge in [0.15, 0.2) is 6.61 Å². The van der Waals surface area contributed by atoms with Crippen molar-refractivity contribution in [3.63, 3.8) is 0 Å². The summed E-state index contributed by atoms with van der Waals surface area (Å²) >= 11 is 0. The SMILES string of the molecule is CC(C)(CCN)CCC(=O)Nc1cccc(OCC#N)c1. The van der Waals surface area contributed by atoms with E-state index >= 15 is 0 Å². The van der Waals surface area contributed by atoms with E-state index < -0.39 is 0 Å². The van der Waals surface area contributed by atoms with Crippen LogP contribution in [0.4, 0.5) is 5.69 Å². The molecular weight excluding hydrogens is 266 g/mol. The van der Waals surface area contributed by atoms with Crippen molar-refractivity contribution in [1.29, 1.82) is 5.26 Å². The van der Waals surface area contributed by atoms with Crippen molar-refractivity contribution in [3.05, 3.63) is 24.3 Å². The number of rotatable bonds is 8. The molecule has 0 aliphatic rings. The lowest BCUT2D eigenvalue weighted by molar-refractivity contribution is -0.116. The van der Waals surface area contributed by atoms with Crippen molar-refractivity contribution < 1.29 is 9.53 Å². The number of nitrogens with zero attached hydrogens (tertiary/aromatic N) is 1. The highest BCUT2D eigenvalue weighted by Crippen LogP contribution is 2.26. The third-order valence-corrected chi connectivity index (χ3v) is 3.27. The molecule has 0 aliphatic heterocycles. The average Bonchev–Trinajstić information content (AvgIpc) is 2.43. The van der Waals surface area contributed by atoms with Crippen LogP contribution in [0.1, 0.15) is 33.1 Å². The molecule has 0 saturated carbocycles. The van der Waals surface area contributed by atoms with Crippen LogP contribution < -0.4 is 15.8 Å². The second kappa shape index (κ2) is 8.28. The monoisotopic (exact) mass is 289 g/mol. The van der Waals surface area contributed by atoms with Gasteiger partial charge in [0.1, 0.15) is 11.8 Å². The summed E-state index contributed by atoms with van der Waals surface area (Å²) in [6.45, 7) is 4.85. The molecule has 1 rings (SSSR count). The molecule has 1 aromatic carbocycles. The zero-order chi connectivity index (χ0) is 15.7. The Labute approximate surface area is 126 Å². The maximum absolute atomic E-state index is 12.0. The van der Waals surface area contributed by atoms with E-state index in [2.05, 4.69) is 19.2 Å². The molecule has 0 heterocycles. The number of hydrogen-bond acceptors (Lipinski definition) is 4. The van der Waals surface area contributed by atoms with Gasteiger partial charge in [-0.25, -0.2) is 0 Å². The fraction of sp³-hybridized carbons (Fsp3) is 0.500. The molecule has 0 bridgehead atoms. The van der Waals surface area contributed by atoms with Crippen LogP contribution in [-0.2, 0) is 4.79 Å². The first kappa shape index (κ1) is 17.0. The van der Waals surface area contributed by atoms with Crippen molar-refractivity contribution in [2.75, 3.05) is 18.5 Å². The van der Waals surface area contributed by atoms with Crippen LogP contribution in [0.15, 0.2) is 24.3 Å². The fourth-order valence-electron chi connectivity index (χ4n) is 1.97. The summed E-state index contributed by atoms with van der Waals surface area (Å²) in [6, 6.07) is 8.93. The molecule has 5 heteroatoms. The van der Waals surface area contributed by atoms with Gasteiger partial charge < -0.3 is 15.8 Å². The lowest BCUT2D eigenvalue weighted by atomic mass is 9.84. The van der Waals surface area contributed by atoms with E-state index in [1.165, 1.54) is 0 Å². The Bertz CT molecular complexity index is 506. The molecule has 1 amide bonds. The highest BCUT2D eigenvalue weighted by Gasteiger charge is 2.18. The Morgan fingerprint density at radius 3 is 2.86 bits per heavy atom. The minimum absolute atomic E-state index is 0.00925. The minimum atomic E-state index is -0.0301. The first-order valence-electron chi connectivity index (χ1n) is 7.06. The predicted octanol–water partition coefficient (Wildman–Crippen LogP) is 2.68. The zero-order valence-corrected chi connectivity index (χ0v) is 12.7. The van der Waals surface area contributed by atoms with Crippen molar-refractivity contribution in [3.8, 4) is 11.8 Å². The Kier molecular flexibility index (Phi) is 6.70. The topological polar surface area (TPSA) is 88.1 Å². The average molecular weight is 289 g/mol. The minimum Gasteiger partial charge on any atom is -0.479 e. The van der Waals surface area contributed by atoms with Crippen LogP contribution in [0.3, 0.4) is 0 Å². The molecule has 0 aromatic heterocycles. The van der Waals surface area contributed by atoms with Gasteiger partial charge in [-0.15, -0.1) is 0 Å². The number of benzene rings is 1. The van der Waals surface area contributed by atoms with E-state index in [0.29, 0.717) is 24.4 Å². The summed E-state index contributed by atoms with van der Waals surface area (Å²) < 4.78 is 5.20. The number of hydrogen-bond donors (Lipinski definition) is 2. The molecule has 1 aromatic rings. The van der Waals surface area contributed by atoms with Crippen molar-refractivity contribution in [2.24, 2.45) is 11.1 Å². The molecule has 0 saturated heterocycles. The summed E-state index contributed by atoms with van der Waals surface area (Å²) in [5.41, 5.74) is 6.31. The van der Waals surface area contributed by atoms with Gasteiger partial charge in [-0.1, -0.05) is 19.9 Å². The van der Waals surface area contributed by atoms with Crippen molar-refractivity contribution in [2.45, 2.75) is 33.1 Å². The maximum atomic E-state index is 12.0. The smallest absolute Gasteiger partial charge is 0.224 e. The summed E-state index contributed by atoms with van der Waals surface area (Å²) in [4.78, 5) is 12.0. The molecule has 114 valence electrons. The highest BCUT2D eigenvalue weighted by atomic mass is 16.5. The van der Waals surface area contributed by atoms with Crippen LogP contribution in [-0.4, -0.2) is 19.1 Å². The molecule has 0 atom stereocenters. The summed E-state index contributed by atoms with van der Waals surface area (Å²) in [5.74, 6) is 0.537. The summed E-state index contributed by atoms with van der Waals surface area (Å²) in [7, 11) is 0. The number of carbonyl (C=O) groups excluding carboxylic acids is 1. The molecule has 0 fully saturated rings. The quantitative estimate of drug-likeness (QED) is 0.770. The van der Waals surface area contributed by atoms with Gasteiger partial charge >= 0.3 is 0 Å². The van der Waals surface area contributed by atoms with Gasteiger partial charge in [-0.3, -0.25) is 4.79 Å². The van der Waals surface area contributed by atoms with Crippen LogP contribution in [0.2, 0.25) is 0 Å². The van der Waals surface area contributed by atoms with Crippen molar-refractivity contribution >= 4 is 11.6 Å². The van der Waals surface area contributed by atoms with E-state index in [9.17, 15) is 4.79 Å². The second-order valence-corrected chi connectivity index (χ2v) is 5.73. The van der Waals surface area contributed by atoms with Crippen LogP contribution in [0.5, 0.6) is 5.75 Å². The van der Waals surface area contributed by atoms with E-state index in [1.807, 2.05) is 6.07 Å². The number of nitrogens with two attached hydrogens (primary N) is 1. The number of anilines is 1. The predicted molar refractivity (Wildman–Crippen MR) is 82.9 cm³/mol. The van der Waals surface area contributed by atoms with Gasteiger partial charge in [0, 0.05) is 18.2 Å². The third-order valence-electron chi connectivity index (χ3n) is 3.27. The molecular formula is C16H23N3O2. The maximum Gasteiger partial charge on any atom is 0.224 e. The van der Waals surface area contributed by atoms with Crippen LogP contribution in [0, 0.1) is 16.7 Å². The molecule has 0 spiro atoms.